The normalized spacial score (nSPS) is 17.6. The fraction of sp³-hybridized carbons (Fsp3) is 0.625. The molecule has 0 atom stereocenters. The number of nitrogens with zero attached hydrogens (tertiary/aromatic N) is 1. The maximum atomic E-state index is 12.8. The maximum absolute atomic E-state index is 12.8. The van der Waals surface area contributed by atoms with Gasteiger partial charge in [-0.15, -0.1) is 0 Å². The Bertz CT molecular complexity index is 546. The van der Waals surface area contributed by atoms with Gasteiger partial charge in [0.2, 0.25) is 10.0 Å². The van der Waals surface area contributed by atoms with Crippen LogP contribution in [-0.4, -0.2) is 38.4 Å². The lowest BCUT2D eigenvalue weighted by molar-refractivity contribution is 0.271. The molecule has 0 radical (unpaired) electrons. The van der Waals surface area contributed by atoms with Crippen LogP contribution in [0, 0.1) is 0 Å². The number of piperidine rings is 1. The van der Waals surface area contributed by atoms with Crippen LogP contribution in [0.5, 0.6) is 0 Å². The van der Waals surface area contributed by atoms with E-state index in [4.69, 9.17) is 0 Å². The second-order valence-corrected chi connectivity index (χ2v) is 7.80. The van der Waals surface area contributed by atoms with Crippen LogP contribution in [0.2, 0.25) is 0 Å². The summed E-state index contributed by atoms with van der Waals surface area (Å²) in [6, 6.07) is 7.45. The summed E-state index contributed by atoms with van der Waals surface area (Å²) >= 11 is 0. The molecule has 1 N–H and O–H groups in total. The van der Waals surface area contributed by atoms with E-state index < -0.39 is 10.0 Å². The second kappa shape index (κ2) is 6.90. The lowest BCUT2D eigenvalue weighted by Crippen LogP contribution is -2.45. The lowest BCUT2D eigenvalue weighted by Gasteiger charge is -2.33. The zero-order valence-electron chi connectivity index (χ0n) is 13.2. The highest BCUT2D eigenvalue weighted by Crippen LogP contribution is 2.24. The predicted octanol–water partition coefficient (Wildman–Crippen LogP) is 2.57. The van der Waals surface area contributed by atoms with Gasteiger partial charge in [0.1, 0.15) is 0 Å². The van der Waals surface area contributed by atoms with E-state index in [1.807, 2.05) is 19.1 Å². The Labute approximate surface area is 128 Å². The van der Waals surface area contributed by atoms with Gasteiger partial charge in [-0.1, -0.05) is 32.9 Å². The highest BCUT2D eigenvalue weighted by molar-refractivity contribution is 7.89. The molecule has 4 nitrogen and oxygen atoms in total. The molecular formula is C16H26N2O2S. The van der Waals surface area contributed by atoms with Crippen LogP contribution in [0.1, 0.15) is 45.1 Å². The average Bonchev–Trinajstić information content (AvgIpc) is 2.49. The molecule has 1 aliphatic heterocycles. The monoisotopic (exact) mass is 310 g/mol. The van der Waals surface area contributed by atoms with E-state index in [0.717, 1.165) is 25.9 Å². The fourth-order valence-electron chi connectivity index (χ4n) is 2.88. The van der Waals surface area contributed by atoms with Crippen molar-refractivity contribution in [2.45, 2.75) is 50.5 Å². The fourth-order valence-corrected chi connectivity index (χ4v) is 4.57. The zero-order chi connectivity index (χ0) is 15.5. The molecule has 0 unspecified atom stereocenters. The summed E-state index contributed by atoms with van der Waals surface area (Å²) < 4.78 is 27.4. The Kier molecular flexibility index (Phi) is 5.41. The Morgan fingerprint density at radius 3 is 2.24 bits per heavy atom. The first-order chi connectivity index (χ1) is 9.96. The molecule has 0 amide bonds. The van der Waals surface area contributed by atoms with E-state index in [2.05, 4.69) is 19.2 Å². The van der Waals surface area contributed by atoms with Crippen LogP contribution in [0.25, 0.3) is 0 Å². The van der Waals surface area contributed by atoms with Crippen molar-refractivity contribution in [2.75, 3.05) is 19.6 Å². The van der Waals surface area contributed by atoms with Gasteiger partial charge in [0.15, 0.2) is 0 Å². The van der Waals surface area contributed by atoms with E-state index in [-0.39, 0.29) is 6.04 Å². The third-order valence-corrected chi connectivity index (χ3v) is 6.22. The standard InChI is InChI=1S/C16H26N2O2S/c1-4-18(15-9-11-17-12-10-15)21(19,20)16-7-5-14(6-8-16)13(2)3/h5-8,13,15,17H,4,9-12H2,1-3H3. The Morgan fingerprint density at radius 1 is 1.19 bits per heavy atom. The van der Waals surface area contributed by atoms with Crippen molar-refractivity contribution < 1.29 is 8.42 Å². The lowest BCUT2D eigenvalue weighted by atomic mass is 10.0. The summed E-state index contributed by atoms with van der Waals surface area (Å²) in [4.78, 5) is 0.410. The van der Waals surface area contributed by atoms with Gasteiger partial charge in [0.25, 0.3) is 0 Å². The minimum absolute atomic E-state index is 0.117. The van der Waals surface area contributed by atoms with Gasteiger partial charge in [-0.05, 0) is 49.5 Å². The van der Waals surface area contributed by atoms with Crippen LogP contribution in [0.4, 0.5) is 0 Å². The molecule has 1 aromatic carbocycles. The van der Waals surface area contributed by atoms with Crippen molar-refractivity contribution >= 4 is 10.0 Å². The molecule has 0 spiro atoms. The highest BCUT2D eigenvalue weighted by atomic mass is 32.2. The van der Waals surface area contributed by atoms with Gasteiger partial charge in [0.05, 0.1) is 4.90 Å². The van der Waals surface area contributed by atoms with Crippen molar-refractivity contribution in [2.24, 2.45) is 0 Å². The zero-order valence-corrected chi connectivity index (χ0v) is 14.0. The van der Waals surface area contributed by atoms with E-state index in [0.29, 0.717) is 17.4 Å². The summed E-state index contributed by atoms with van der Waals surface area (Å²) in [5.41, 5.74) is 1.17. The van der Waals surface area contributed by atoms with Gasteiger partial charge in [0, 0.05) is 12.6 Å². The van der Waals surface area contributed by atoms with Gasteiger partial charge in [-0.3, -0.25) is 0 Å². The minimum Gasteiger partial charge on any atom is -0.317 e. The third kappa shape index (κ3) is 3.65. The van der Waals surface area contributed by atoms with Crippen molar-refractivity contribution in [1.82, 2.24) is 9.62 Å². The van der Waals surface area contributed by atoms with E-state index in [1.54, 1.807) is 16.4 Å². The van der Waals surface area contributed by atoms with Crippen molar-refractivity contribution in [1.29, 1.82) is 0 Å². The Balaban J connectivity index is 2.25. The largest absolute Gasteiger partial charge is 0.317 e. The molecule has 1 aromatic rings. The van der Waals surface area contributed by atoms with Crippen LogP contribution in [-0.2, 0) is 10.0 Å². The first-order valence-electron chi connectivity index (χ1n) is 7.79. The van der Waals surface area contributed by atoms with Crippen LogP contribution in [0.15, 0.2) is 29.2 Å². The number of rotatable bonds is 5. The summed E-state index contributed by atoms with van der Waals surface area (Å²) in [5.74, 6) is 0.411. The quantitative estimate of drug-likeness (QED) is 0.909. The molecule has 0 bridgehead atoms. The second-order valence-electron chi connectivity index (χ2n) is 5.91. The molecule has 1 fully saturated rings. The molecule has 21 heavy (non-hydrogen) atoms. The Morgan fingerprint density at radius 2 is 1.76 bits per heavy atom. The first-order valence-corrected chi connectivity index (χ1v) is 9.23. The van der Waals surface area contributed by atoms with E-state index in [9.17, 15) is 8.42 Å². The summed E-state index contributed by atoms with van der Waals surface area (Å²) in [5, 5.41) is 3.28. The summed E-state index contributed by atoms with van der Waals surface area (Å²) in [6.07, 6.45) is 1.77. The smallest absolute Gasteiger partial charge is 0.243 e. The molecular weight excluding hydrogens is 284 g/mol. The van der Waals surface area contributed by atoms with Gasteiger partial charge >= 0.3 is 0 Å². The summed E-state index contributed by atoms with van der Waals surface area (Å²) in [7, 11) is -3.39. The minimum atomic E-state index is -3.39. The Hall–Kier alpha value is -0.910. The van der Waals surface area contributed by atoms with E-state index in [1.165, 1.54) is 5.56 Å². The third-order valence-electron chi connectivity index (χ3n) is 4.18. The molecule has 118 valence electrons. The molecule has 2 rings (SSSR count). The molecule has 1 heterocycles. The van der Waals surface area contributed by atoms with Crippen molar-refractivity contribution in [3.63, 3.8) is 0 Å². The SMILES string of the molecule is CCN(C1CCNCC1)S(=O)(=O)c1ccc(C(C)C)cc1. The average molecular weight is 310 g/mol. The number of sulfonamides is 1. The maximum Gasteiger partial charge on any atom is 0.243 e. The molecule has 0 aliphatic carbocycles. The highest BCUT2D eigenvalue weighted by Gasteiger charge is 2.30. The van der Waals surface area contributed by atoms with Gasteiger partial charge in [-0.2, -0.15) is 4.31 Å². The molecule has 0 saturated carbocycles. The number of hydrogen-bond acceptors (Lipinski definition) is 3. The molecule has 1 aliphatic rings. The van der Waals surface area contributed by atoms with Crippen molar-refractivity contribution in [3.8, 4) is 0 Å². The van der Waals surface area contributed by atoms with E-state index >= 15 is 0 Å². The topological polar surface area (TPSA) is 49.4 Å². The molecule has 0 aromatic heterocycles. The number of benzene rings is 1. The molecule has 5 heteroatoms. The van der Waals surface area contributed by atoms with Crippen LogP contribution >= 0.6 is 0 Å². The van der Waals surface area contributed by atoms with Crippen LogP contribution in [0.3, 0.4) is 0 Å². The van der Waals surface area contributed by atoms with Gasteiger partial charge in [-0.25, -0.2) is 8.42 Å². The summed E-state index contributed by atoms with van der Waals surface area (Å²) in [6.45, 7) is 8.45. The van der Waals surface area contributed by atoms with Crippen LogP contribution < -0.4 is 5.32 Å². The molecule has 1 saturated heterocycles. The number of hydrogen-bond donors (Lipinski definition) is 1. The van der Waals surface area contributed by atoms with Gasteiger partial charge < -0.3 is 5.32 Å². The first kappa shape index (κ1) is 16.5. The van der Waals surface area contributed by atoms with Crippen molar-refractivity contribution in [3.05, 3.63) is 29.8 Å². The number of nitrogens with one attached hydrogen (secondary N) is 1. The predicted molar refractivity (Wildman–Crippen MR) is 86.0 cm³/mol.